The summed E-state index contributed by atoms with van der Waals surface area (Å²) < 4.78 is 7.20. The zero-order valence-electron chi connectivity index (χ0n) is 14.4. The van der Waals surface area contributed by atoms with Gasteiger partial charge in [0.15, 0.2) is 0 Å². The van der Waals surface area contributed by atoms with Gasteiger partial charge in [-0.15, -0.1) is 0 Å². The van der Waals surface area contributed by atoms with Crippen LogP contribution in [0, 0.1) is 6.92 Å². The molecule has 3 rings (SSSR count). The monoisotopic (exact) mass is 335 g/mol. The van der Waals surface area contributed by atoms with Crippen molar-refractivity contribution in [1.82, 2.24) is 14.9 Å². The topological polar surface area (TPSA) is 56.1 Å². The van der Waals surface area contributed by atoms with Crippen molar-refractivity contribution in [2.24, 2.45) is 0 Å². The Balaban J connectivity index is 1.56. The number of aromatic nitrogens is 2. The van der Waals surface area contributed by atoms with Gasteiger partial charge < -0.3 is 14.6 Å². The number of ether oxygens (including phenoxy) is 1. The molecule has 0 radical (unpaired) electrons. The Bertz CT molecular complexity index is 853. The maximum absolute atomic E-state index is 12.1. The Labute approximate surface area is 147 Å². The van der Waals surface area contributed by atoms with Crippen molar-refractivity contribution in [2.45, 2.75) is 19.9 Å². The van der Waals surface area contributed by atoms with Gasteiger partial charge in [0.25, 0.3) is 0 Å². The normalized spacial score (nSPS) is 10.5. The molecule has 0 aliphatic rings. The van der Waals surface area contributed by atoms with E-state index in [-0.39, 0.29) is 5.91 Å². The average Bonchev–Trinajstić information content (AvgIpc) is 3.06. The summed E-state index contributed by atoms with van der Waals surface area (Å²) in [6, 6.07) is 15.6. The third-order valence-electron chi connectivity index (χ3n) is 4.03. The second-order valence-electron chi connectivity index (χ2n) is 5.82. The quantitative estimate of drug-likeness (QED) is 0.753. The van der Waals surface area contributed by atoms with Crippen LogP contribution in [0.2, 0.25) is 0 Å². The zero-order chi connectivity index (χ0) is 17.6. The lowest BCUT2D eigenvalue weighted by atomic mass is 10.1. The molecule has 0 spiro atoms. The highest BCUT2D eigenvalue weighted by atomic mass is 16.5. The highest BCUT2D eigenvalue weighted by molar-refractivity contribution is 5.78. The van der Waals surface area contributed by atoms with Gasteiger partial charge in [-0.1, -0.05) is 24.3 Å². The fraction of sp³-hybridized carbons (Fsp3) is 0.200. The minimum Gasteiger partial charge on any atom is -0.497 e. The smallest absolute Gasteiger partial charge is 0.224 e. The lowest BCUT2D eigenvalue weighted by Crippen LogP contribution is -2.24. The Kier molecular flexibility index (Phi) is 5.14. The molecule has 0 unspecified atom stereocenters. The molecule has 5 nitrogen and oxygen atoms in total. The minimum absolute atomic E-state index is 0.0113. The zero-order valence-corrected chi connectivity index (χ0v) is 14.4. The van der Waals surface area contributed by atoms with E-state index in [9.17, 15) is 4.79 Å². The second kappa shape index (κ2) is 7.66. The van der Waals surface area contributed by atoms with E-state index in [1.807, 2.05) is 66.2 Å². The van der Waals surface area contributed by atoms with E-state index < -0.39 is 0 Å². The largest absolute Gasteiger partial charge is 0.497 e. The van der Waals surface area contributed by atoms with Crippen LogP contribution in [0.15, 0.2) is 60.9 Å². The van der Waals surface area contributed by atoms with Gasteiger partial charge in [0.05, 0.1) is 13.5 Å². The first-order valence-electron chi connectivity index (χ1n) is 8.14. The lowest BCUT2D eigenvalue weighted by molar-refractivity contribution is -0.120. The van der Waals surface area contributed by atoms with Gasteiger partial charge in [-0.05, 0) is 42.3 Å². The van der Waals surface area contributed by atoms with E-state index in [1.165, 1.54) is 0 Å². The second-order valence-corrected chi connectivity index (χ2v) is 5.82. The Morgan fingerprint density at radius 2 is 1.96 bits per heavy atom. The van der Waals surface area contributed by atoms with Crippen molar-refractivity contribution in [3.05, 3.63) is 77.9 Å². The molecule has 1 amide bonds. The number of benzene rings is 2. The molecule has 0 saturated carbocycles. The molecule has 0 aliphatic carbocycles. The van der Waals surface area contributed by atoms with Crippen LogP contribution >= 0.6 is 0 Å². The highest BCUT2D eigenvalue weighted by Gasteiger charge is 2.05. The molecule has 0 saturated heterocycles. The number of nitrogens with one attached hydrogen (secondary N) is 1. The number of hydrogen-bond acceptors (Lipinski definition) is 3. The first-order chi connectivity index (χ1) is 12.2. The minimum atomic E-state index is -0.0113. The van der Waals surface area contributed by atoms with Gasteiger partial charge in [-0.25, -0.2) is 4.98 Å². The van der Waals surface area contributed by atoms with E-state index in [2.05, 4.69) is 10.3 Å². The molecule has 2 aromatic carbocycles. The summed E-state index contributed by atoms with van der Waals surface area (Å²) in [6.07, 6.45) is 4.05. The molecule has 0 aliphatic heterocycles. The molecular formula is C20H21N3O2. The van der Waals surface area contributed by atoms with Gasteiger partial charge in [-0.2, -0.15) is 0 Å². The van der Waals surface area contributed by atoms with Crippen LogP contribution < -0.4 is 10.1 Å². The molecule has 0 fully saturated rings. The average molecular weight is 335 g/mol. The van der Waals surface area contributed by atoms with Crippen LogP contribution in [-0.4, -0.2) is 22.6 Å². The fourth-order valence-corrected chi connectivity index (χ4v) is 2.66. The summed E-state index contributed by atoms with van der Waals surface area (Å²) in [5.41, 5.74) is 3.05. The van der Waals surface area contributed by atoms with Crippen LogP contribution in [0.4, 0.5) is 0 Å². The van der Waals surface area contributed by atoms with Gasteiger partial charge in [0.1, 0.15) is 11.6 Å². The van der Waals surface area contributed by atoms with Gasteiger partial charge in [0, 0.05) is 24.6 Å². The Hall–Kier alpha value is -3.08. The fourth-order valence-electron chi connectivity index (χ4n) is 2.66. The molecule has 5 heteroatoms. The number of methoxy groups -OCH3 is 1. The summed E-state index contributed by atoms with van der Waals surface area (Å²) in [7, 11) is 1.62. The summed E-state index contributed by atoms with van der Waals surface area (Å²) in [6.45, 7) is 2.47. The SMILES string of the molecule is COc1cccc(CC(=O)NCc2ccc(-n3ccnc3C)cc2)c1. The number of nitrogens with zero attached hydrogens (tertiary/aromatic N) is 2. The van der Waals surface area contributed by atoms with Crippen molar-refractivity contribution >= 4 is 5.91 Å². The third kappa shape index (κ3) is 4.26. The van der Waals surface area contributed by atoms with Crippen LogP contribution in [0.3, 0.4) is 0 Å². The number of aryl methyl sites for hydroxylation is 1. The van der Waals surface area contributed by atoms with Gasteiger partial charge >= 0.3 is 0 Å². The summed E-state index contributed by atoms with van der Waals surface area (Å²) in [5.74, 6) is 1.69. The number of carbonyl (C=O) groups excluding carboxylic acids is 1. The predicted octanol–water partition coefficient (Wildman–Crippen LogP) is 3.05. The standard InChI is InChI=1S/C20H21N3O2/c1-15-21-10-11-23(15)18-8-6-16(7-9-18)14-22-20(24)13-17-4-3-5-19(12-17)25-2/h3-12H,13-14H2,1-2H3,(H,22,24). The van der Waals surface area contributed by atoms with Crippen molar-refractivity contribution in [3.63, 3.8) is 0 Å². The molecule has 0 bridgehead atoms. The molecule has 128 valence electrons. The predicted molar refractivity (Wildman–Crippen MR) is 96.8 cm³/mol. The first kappa shape index (κ1) is 16.8. The number of rotatable bonds is 6. The maximum atomic E-state index is 12.1. The number of carbonyl (C=O) groups is 1. The van der Waals surface area contributed by atoms with E-state index in [1.54, 1.807) is 13.3 Å². The van der Waals surface area contributed by atoms with Crippen LogP contribution in [0.1, 0.15) is 17.0 Å². The van der Waals surface area contributed by atoms with Crippen LogP contribution in [0.5, 0.6) is 5.75 Å². The summed E-state index contributed by atoms with van der Waals surface area (Å²) in [5, 5.41) is 2.95. The summed E-state index contributed by atoms with van der Waals surface area (Å²) >= 11 is 0. The number of hydrogen-bond donors (Lipinski definition) is 1. The molecule has 3 aromatic rings. The maximum Gasteiger partial charge on any atom is 0.224 e. The molecule has 25 heavy (non-hydrogen) atoms. The van der Waals surface area contributed by atoms with E-state index in [0.717, 1.165) is 28.4 Å². The first-order valence-corrected chi connectivity index (χ1v) is 8.14. The van der Waals surface area contributed by atoms with Crippen molar-refractivity contribution in [1.29, 1.82) is 0 Å². The third-order valence-corrected chi connectivity index (χ3v) is 4.03. The lowest BCUT2D eigenvalue weighted by Gasteiger charge is -2.09. The highest BCUT2D eigenvalue weighted by Crippen LogP contribution is 2.14. The van der Waals surface area contributed by atoms with Gasteiger partial charge in [-0.3, -0.25) is 4.79 Å². The molecular weight excluding hydrogens is 314 g/mol. The van der Waals surface area contributed by atoms with E-state index in [4.69, 9.17) is 4.74 Å². The molecule has 1 N–H and O–H groups in total. The number of amides is 1. The van der Waals surface area contributed by atoms with Gasteiger partial charge in [0.2, 0.25) is 5.91 Å². The van der Waals surface area contributed by atoms with Crippen molar-refractivity contribution in [2.75, 3.05) is 7.11 Å². The van der Waals surface area contributed by atoms with Crippen molar-refractivity contribution < 1.29 is 9.53 Å². The Morgan fingerprint density at radius 1 is 1.16 bits per heavy atom. The van der Waals surface area contributed by atoms with Crippen molar-refractivity contribution in [3.8, 4) is 11.4 Å². The molecule has 0 atom stereocenters. The molecule has 1 aromatic heterocycles. The van der Waals surface area contributed by atoms with E-state index >= 15 is 0 Å². The summed E-state index contributed by atoms with van der Waals surface area (Å²) in [4.78, 5) is 16.3. The van der Waals surface area contributed by atoms with E-state index in [0.29, 0.717) is 13.0 Å². The van der Waals surface area contributed by atoms with Crippen LogP contribution in [0.25, 0.3) is 5.69 Å². The number of imidazole rings is 1. The Morgan fingerprint density at radius 3 is 2.64 bits per heavy atom. The molecule has 1 heterocycles. The van der Waals surface area contributed by atoms with Crippen LogP contribution in [-0.2, 0) is 17.8 Å².